The zero-order chi connectivity index (χ0) is 24.4. The van der Waals surface area contributed by atoms with Crippen LogP contribution in [0.15, 0.2) is 47.1 Å². The summed E-state index contributed by atoms with van der Waals surface area (Å²) in [6.07, 6.45) is 5.22. The number of amides is 1. The van der Waals surface area contributed by atoms with Crippen molar-refractivity contribution in [1.82, 2.24) is 20.4 Å². The van der Waals surface area contributed by atoms with Gasteiger partial charge >= 0.3 is 0 Å². The Bertz CT molecular complexity index is 1370. The van der Waals surface area contributed by atoms with Gasteiger partial charge in [-0.2, -0.15) is 4.98 Å². The molecule has 1 atom stereocenters. The van der Waals surface area contributed by atoms with E-state index in [-0.39, 0.29) is 16.9 Å². The van der Waals surface area contributed by atoms with Crippen LogP contribution in [0.4, 0.5) is 0 Å². The normalized spacial score (nSPS) is 25.1. The maximum atomic E-state index is 13.0. The van der Waals surface area contributed by atoms with E-state index in [9.17, 15) is 13.2 Å². The number of halogens is 1. The molecule has 10 heteroatoms. The van der Waals surface area contributed by atoms with Gasteiger partial charge in [-0.1, -0.05) is 23.7 Å². The molecular formula is C24H25ClN4O4S. The fourth-order valence-electron chi connectivity index (χ4n) is 5.11. The highest BCUT2D eigenvalue weighted by atomic mass is 35.5. The summed E-state index contributed by atoms with van der Waals surface area (Å²) < 4.78 is 29.1. The third-order valence-corrected chi connectivity index (χ3v) is 9.83. The fraction of sp³-hybridized carbons (Fsp3) is 0.417. The minimum absolute atomic E-state index is 0.203. The third kappa shape index (κ3) is 3.53. The molecule has 2 aromatic heterocycles. The molecule has 0 saturated heterocycles. The van der Waals surface area contributed by atoms with Crippen molar-refractivity contribution in [2.24, 2.45) is 0 Å². The Morgan fingerprint density at radius 2 is 1.88 bits per heavy atom. The van der Waals surface area contributed by atoms with Crippen LogP contribution < -0.4 is 5.32 Å². The van der Waals surface area contributed by atoms with E-state index in [0.29, 0.717) is 34.4 Å². The van der Waals surface area contributed by atoms with Crippen LogP contribution in [0.2, 0.25) is 5.02 Å². The van der Waals surface area contributed by atoms with Crippen LogP contribution in [-0.4, -0.2) is 41.2 Å². The highest BCUT2D eigenvalue weighted by Gasteiger charge is 2.72. The predicted molar refractivity (Wildman–Crippen MR) is 127 cm³/mol. The maximum Gasteiger partial charge on any atom is 0.251 e. The molecule has 3 aliphatic carbocycles. The van der Waals surface area contributed by atoms with E-state index in [1.165, 1.54) is 12.5 Å². The Morgan fingerprint density at radius 1 is 1.21 bits per heavy atom. The van der Waals surface area contributed by atoms with Gasteiger partial charge in [0.25, 0.3) is 5.91 Å². The van der Waals surface area contributed by atoms with Crippen molar-refractivity contribution in [2.75, 3.05) is 6.26 Å². The minimum atomic E-state index is -3.41. The number of pyridine rings is 1. The first-order valence-corrected chi connectivity index (χ1v) is 13.4. The number of nitrogens with zero attached hydrogens (tertiary/aromatic N) is 3. The van der Waals surface area contributed by atoms with Crippen molar-refractivity contribution < 1.29 is 17.7 Å². The molecule has 0 aliphatic heterocycles. The number of nitrogens with one attached hydrogen (secondary N) is 1. The van der Waals surface area contributed by atoms with Gasteiger partial charge in [0, 0.05) is 34.1 Å². The highest BCUT2D eigenvalue weighted by Crippen LogP contribution is 2.67. The largest absolute Gasteiger partial charge is 0.346 e. The van der Waals surface area contributed by atoms with Gasteiger partial charge in [0.2, 0.25) is 11.7 Å². The van der Waals surface area contributed by atoms with Gasteiger partial charge in [0.15, 0.2) is 9.84 Å². The summed E-state index contributed by atoms with van der Waals surface area (Å²) in [5, 5.41) is 7.88. The Labute approximate surface area is 203 Å². The van der Waals surface area contributed by atoms with Crippen molar-refractivity contribution >= 4 is 27.3 Å². The Kier molecular flexibility index (Phi) is 5.15. The molecule has 6 rings (SSSR count). The first-order valence-electron chi connectivity index (χ1n) is 11.1. The van der Waals surface area contributed by atoms with E-state index in [1.54, 1.807) is 38.1 Å². The zero-order valence-electron chi connectivity index (χ0n) is 19.1. The molecule has 0 radical (unpaired) electrons. The van der Waals surface area contributed by atoms with Gasteiger partial charge in [-0.25, -0.2) is 8.42 Å². The minimum Gasteiger partial charge on any atom is -0.346 e. The molecule has 1 aromatic carbocycles. The van der Waals surface area contributed by atoms with E-state index in [4.69, 9.17) is 16.1 Å². The number of rotatable bonds is 7. The SMILES string of the molecule is CCC(C)(c1cc(C(=O)NC23CC(c4nc(-c5ccc(Cl)cc5)no4)(C2)C3)ccn1)S(C)(=O)=O. The molecule has 3 aliphatic rings. The number of sulfone groups is 1. The number of benzene rings is 1. The summed E-state index contributed by atoms with van der Waals surface area (Å²) in [5.74, 6) is 0.867. The average Bonchev–Trinajstić information content (AvgIpc) is 3.24. The lowest BCUT2D eigenvalue weighted by Crippen LogP contribution is -2.76. The lowest BCUT2D eigenvalue weighted by molar-refractivity contribution is -0.0985. The standard InChI is InChI=1S/C24H25ClN4O4S/c1-4-22(2,34(3,31)32)18-11-16(9-10-26-18)20(30)28-24-12-23(13-24,14-24)21-27-19(29-33-21)15-5-7-17(25)8-6-15/h5-11H,4,12-14H2,1-3H3,(H,28,30). The van der Waals surface area contributed by atoms with E-state index in [1.807, 2.05) is 12.1 Å². The number of carbonyl (C=O) groups excluding carboxylic acids is 1. The van der Waals surface area contributed by atoms with Gasteiger partial charge in [-0.15, -0.1) is 0 Å². The van der Waals surface area contributed by atoms with Crippen molar-refractivity contribution in [3.63, 3.8) is 0 Å². The molecule has 3 fully saturated rings. The number of hydrogen-bond acceptors (Lipinski definition) is 7. The fourth-order valence-corrected chi connectivity index (χ4v) is 6.25. The van der Waals surface area contributed by atoms with Crippen molar-refractivity contribution in [1.29, 1.82) is 0 Å². The molecule has 0 spiro atoms. The molecule has 2 bridgehead atoms. The summed E-state index contributed by atoms with van der Waals surface area (Å²) in [6.45, 7) is 3.44. The van der Waals surface area contributed by atoms with Crippen LogP contribution in [0, 0.1) is 0 Å². The van der Waals surface area contributed by atoms with Crippen LogP contribution >= 0.6 is 11.6 Å². The van der Waals surface area contributed by atoms with E-state index in [2.05, 4.69) is 20.4 Å². The predicted octanol–water partition coefficient (Wildman–Crippen LogP) is 4.06. The van der Waals surface area contributed by atoms with Crippen molar-refractivity contribution in [3.8, 4) is 11.4 Å². The average molecular weight is 501 g/mol. The summed E-state index contributed by atoms with van der Waals surface area (Å²) in [5.41, 5.74) is 1.09. The van der Waals surface area contributed by atoms with Crippen molar-refractivity contribution in [2.45, 2.75) is 55.2 Å². The summed E-state index contributed by atoms with van der Waals surface area (Å²) >= 11 is 5.95. The lowest BCUT2D eigenvalue weighted by Gasteiger charge is -2.68. The lowest BCUT2D eigenvalue weighted by atomic mass is 9.39. The highest BCUT2D eigenvalue weighted by molar-refractivity contribution is 7.91. The van der Waals surface area contributed by atoms with Crippen LogP contribution in [0.5, 0.6) is 0 Å². The smallest absolute Gasteiger partial charge is 0.251 e. The van der Waals surface area contributed by atoms with Gasteiger partial charge in [-0.05, 0) is 69.0 Å². The van der Waals surface area contributed by atoms with Gasteiger partial charge in [-0.3, -0.25) is 9.78 Å². The molecule has 1 unspecified atom stereocenters. The molecule has 1 amide bonds. The van der Waals surface area contributed by atoms with Crippen LogP contribution in [0.1, 0.15) is 61.5 Å². The second kappa shape index (κ2) is 7.61. The quantitative estimate of drug-likeness (QED) is 0.520. The van der Waals surface area contributed by atoms with E-state index < -0.39 is 14.6 Å². The second-order valence-electron chi connectivity index (χ2n) is 9.76. The number of aromatic nitrogens is 3. The van der Waals surface area contributed by atoms with Crippen LogP contribution in [0.25, 0.3) is 11.4 Å². The molecule has 3 saturated carbocycles. The topological polar surface area (TPSA) is 115 Å². The first kappa shape index (κ1) is 23.0. The maximum absolute atomic E-state index is 13.0. The molecule has 1 N–H and O–H groups in total. The van der Waals surface area contributed by atoms with Crippen molar-refractivity contribution in [3.05, 3.63) is 64.8 Å². The van der Waals surface area contributed by atoms with E-state index >= 15 is 0 Å². The summed E-state index contributed by atoms with van der Waals surface area (Å²) in [4.78, 5) is 21.8. The number of carbonyl (C=O) groups is 1. The molecular weight excluding hydrogens is 476 g/mol. The second-order valence-corrected chi connectivity index (χ2v) is 12.6. The molecule has 2 heterocycles. The van der Waals surface area contributed by atoms with Gasteiger partial charge in [0.1, 0.15) is 4.75 Å². The number of hydrogen-bond donors (Lipinski definition) is 1. The third-order valence-electron chi connectivity index (χ3n) is 7.45. The Balaban J connectivity index is 1.27. The summed E-state index contributed by atoms with van der Waals surface area (Å²) in [6, 6.07) is 10.4. The van der Waals surface area contributed by atoms with Gasteiger partial charge in [0.05, 0.1) is 11.1 Å². The molecule has 8 nitrogen and oxygen atoms in total. The zero-order valence-corrected chi connectivity index (χ0v) is 20.7. The molecule has 178 valence electrons. The Morgan fingerprint density at radius 3 is 2.50 bits per heavy atom. The van der Waals surface area contributed by atoms with Gasteiger partial charge < -0.3 is 9.84 Å². The molecule has 34 heavy (non-hydrogen) atoms. The van der Waals surface area contributed by atoms with Crippen LogP contribution in [0.3, 0.4) is 0 Å². The molecule has 3 aromatic rings. The Hall–Kier alpha value is -2.78. The van der Waals surface area contributed by atoms with E-state index in [0.717, 1.165) is 24.8 Å². The monoisotopic (exact) mass is 500 g/mol. The van der Waals surface area contributed by atoms with Crippen LogP contribution in [-0.2, 0) is 20.0 Å². The first-order chi connectivity index (χ1) is 16.0. The summed E-state index contributed by atoms with van der Waals surface area (Å²) in [7, 11) is -3.41.